The lowest BCUT2D eigenvalue weighted by Gasteiger charge is -2.36. The van der Waals surface area contributed by atoms with Gasteiger partial charge in [-0.1, -0.05) is 37.5 Å². The van der Waals surface area contributed by atoms with Crippen LogP contribution in [0.2, 0.25) is 0 Å². The van der Waals surface area contributed by atoms with Crippen molar-refractivity contribution in [1.29, 1.82) is 0 Å². The average molecular weight is 607 g/mol. The smallest absolute Gasteiger partial charge is 0.411 e. The van der Waals surface area contributed by atoms with Crippen LogP contribution in [0.1, 0.15) is 72.6 Å². The highest BCUT2D eigenvalue weighted by Gasteiger charge is 2.34. The summed E-state index contributed by atoms with van der Waals surface area (Å²) >= 11 is 3.21. The number of carbonyl (C=O) groups excluding carboxylic acids is 3. The zero-order chi connectivity index (χ0) is 29.8. The first-order valence-electron chi connectivity index (χ1n) is 15.0. The van der Waals surface area contributed by atoms with Gasteiger partial charge in [0.05, 0.1) is 5.88 Å². The second-order valence-corrected chi connectivity index (χ2v) is 14.2. The van der Waals surface area contributed by atoms with Crippen molar-refractivity contribution in [1.82, 2.24) is 15.1 Å². The van der Waals surface area contributed by atoms with Crippen molar-refractivity contribution in [3.63, 3.8) is 0 Å². The first-order valence-corrected chi connectivity index (χ1v) is 17.6. The van der Waals surface area contributed by atoms with E-state index >= 15 is 0 Å². The Kier molecular flexibility index (Phi) is 13.5. The van der Waals surface area contributed by atoms with Gasteiger partial charge < -0.3 is 20.3 Å². The lowest BCUT2D eigenvalue weighted by atomic mass is 9.91. The number of benzene rings is 1. The van der Waals surface area contributed by atoms with Gasteiger partial charge in [-0.15, -0.1) is 11.8 Å². The Morgan fingerprint density at radius 3 is 2.32 bits per heavy atom. The minimum absolute atomic E-state index is 0.0338. The molecule has 2 aliphatic rings. The molecule has 10 heteroatoms. The zero-order valence-corrected chi connectivity index (χ0v) is 27.2. The van der Waals surface area contributed by atoms with Crippen LogP contribution in [0.5, 0.6) is 0 Å². The van der Waals surface area contributed by atoms with Gasteiger partial charge in [0.2, 0.25) is 11.8 Å². The lowest BCUT2D eigenvalue weighted by Crippen LogP contribution is -2.57. The first kappa shape index (κ1) is 33.4. The van der Waals surface area contributed by atoms with Crippen LogP contribution < -0.4 is 10.6 Å². The van der Waals surface area contributed by atoms with E-state index in [4.69, 9.17) is 4.74 Å². The quantitative estimate of drug-likeness (QED) is 0.289. The number of hydrogen-bond acceptors (Lipinski definition) is 7. The summed E-state index contributed by atoms with van der Waals surface area (Å²) in [5.74, 6) is 2.18. The summed E-state index contributed by atoms with van der Waals surface area (Å²) in [6.07, 6.45) is 9.43. The molecule has 0 bridgehead atoms. The highest BCUT2D eigenvalue weighted by atomic mass is 32.2. The summed E-state index contributed by atoms with van der Waals surface area (Å²) in [5.41, 5.74) is 0.426. The number of rotatable bonds is 12. The fraction of sp³-hybridized carbons (Fsp3) is 0.710. The van der Waals surface area contributed by atoms with E-state index in [1.54, 1.807) is 18.7 Å². The monoisotopic (exact) mass is 606 g/mol. The molecule has 230 valence electrons. The number of piperidine rings is 1. The third kappa shape index (κ3) is 11.3. The van der Waals surface area contributed by atoms with Crippen LogP contribution >= 0.6 is 23.5 Å². The molecule has 1 aromatic carbocycles. The third-order valence-electron chi connectivity index (χ3n) is 7.67. The van der Waals surface area contributed by atoms with Gasteiger partial charge in [0.25, 0.3) is 0 Å². The Morgan fingerprint density at radius 1 is 1.05 bits per heavy atom. The summed E-state index contributed by atoms with van der Waals surface area (Å²) in [6, 6.07) is 9.07. The van der Waals surface area contributed by atoms with E-state index in [9.17, 15) is 14.4 Å². The zero-order valence-electron chi connectivity index (χ0n) is 25.5. The van der Waals surface area contributed by atoms with Gasteiger partial charge in [0, 0.05) is 30.6 Å². The number of para-hydroxylation sites is 1. The van der Waals surface area contributed by atoms with E-state index in [1.165, 1.54) is 48.8 Å². The maximum Gasteiger partial charge on any atom is 0.411 e. The summed E-state index contributed by atoms with van der Waals surface area (Å²) in [6.45, 7) is 8.42. The van der Waals surface area contributed by atoms with Gasteiger partial charge >= 0.3 is 6.09 Å². The Bertz CT molecular complexity index is 961. The van der Waals surface area contributed by atoms with Gasteiger partial charge in [0.1, 0.15) is 17.7 Å². The van der Waals surface area contributed by atoms with E-state index < -0.39 is 23.8 Å². The molecule has 3 amide bonds. The molecule has 1 saturated carbocycles. The van der Waals surface area contributed by atoms with Crippen LogP contribution in [-0.2, 0) is 14.3 Å². The molecule has 0 spiro atoms. The van der Waals surface area contributed by atoms with Crippen molar-refractivity contribution in [3.8, 4) is 0 Å². The van der Waals surface area contributed by atoms with Crippen molar-refractivity contribution in [2.24, 2.45) is 5.92 Å². The molecule has 1 aliphatic heterocycles. The molecule has 1 saturated heterocycles. The highest BCUT2D eigenvalue weighted by Crippen LogP contribution is 2.27. The molecule has 2 fully saturated rings. The molecule has 0 aromatic heterocycles. The van der Waals surface area contributed by atoms with Gasteiger partial charge in [-0.25, -0.2) is 4.79 Å². The third-order valence-corrected chi connectivity index (χ3v) is 9.48. The molecule has 0 unspecified atom stereocenters. The number of amides is 3. The summed E-state index contributed by atoms with van der Waals surface area (Å²) in [5, 5.41) is 6.61. The predicted molar refractivity (Wildman–Crippen MR) is 171 cm³/mol. The van der Waals surface area contributed by atoms with Crippen molar-refractivity contribution in [2.75, 3.05) is 42.0 Å². The Labute approximate surface area is 255 Å². The minimum atomic E-state index is -0.767. The van der Waals surface area contributed by atoms with Crippen molar-refractivity contribution < 1.29 is 19.1 Å². The van der Waals surface area contributed by atoms with Crippen LogP contribution in [0.25, 0.3) is 0 Å². The topological polar surface area (TPSA) is 91.0 Å². The number of anilines is 1. The van der Waals surface area contributed by atoms with Crippen LogP contribution in [0, 0.1) is 5.92 Å². The minimum Gasteiger partial charge on any atom is -0.444 e. The normalized spacial score (nSPS) is 18.3. The maximum absolute atomic E-state index is 13.8. The number of carbonyl (C=O) groups is 3. The van der Waals surface area contributed by atoms with Gasteiger partial charge in [-0.05, 0) is 83.4 Å². The fourth-order valence-corrected chi connectivity index (χ4v) is 7.20. The molecule has 41 heavy (non-hydrogen) atoms. The number of hydrogen-bond donors (Lipinski definition) is 2. The average Bonchev–Trinajstić information content (AvgIpc) is 2.95. The van der Waals surface area contributed by atoms with Gasteiger partial charge in [0.15, 0.2) is 0 Å². The molecule has 1 heterocycles. The number of ether oxygens (including phenoxy) is 1. The summed E-state index contributed by atoms with van der Waals surface area (Å²) in [7, 11) is 0. The van der Waals surface area contributed by atoms with E-state index in [0.717, 1.165) is 24.3 Å². The number of nitrogens with zero attached hydrogens (tertiary/aromatic N) is 2. The van der Waals surface area contributed by atoms with E-state index in [1.807, 2.05) is 50.1 Å². The van der Waals surface area contributed by atoms with Crippen molar-refractivity contribution >= 4 is 47.1 Å². The molecular weight excluding hydrogens is 556 g/mol. The molecular formula is C31H50N4O4S2. The summed E-state index contributed by atoms with van der Waals surface area (Å²) in [4.78, 5) is 43.5. The maximum atomic E-state index is 13.8. The van der Waals surface area contributed by atoms with Crippen molar-refractivity contribution in [2.45, 2.75) is 96.4 Å². The van der Waals surface area contributed by atoms with Crippen LogP contribution in [0.15, 0.2) is 30.3 Å². The van der Waals surface area contributed by atoms with Gasteiger partial charge in [-0.2, -0.15) is 11.8 Å². The van der Waals surface area contributed by atoms with Crippen molar-refractivity contribution in [3.05, 3.63) is 30.3 Å². The molecule has 1 aromatic rings. The Hall–Kier alpha value is -2.07. The second kappa shape index (κ2) is 16.5. The largest absolute Gasteiger partial charge is 0.444 e. The van der Waals surface area contributed by atoms with E-state index in [0.29, 0.717) is 36.7 Å². The van der Waals surface area contributed by atoms with Crippen LogP contribution in [-0.4, -0.2) is 88.2 Å². The van der Waals surface area contributed by atoms with Crippen LogP contribution in [0.3, 0.4) is 0 Å². The predicted octanol–water partition coefficient (Wildman–Crippen LogP) is 5.83. The van der Waals surface area contributed by atoms with E-state index in [-0.39, 0.29) is 11.8 Å². The standard InChI is InChI=1S/C31H50N4O4S2/c1-23(35(22-40-5)30(38)39-31(2,3)4)28(36)33-27(21-41-20-24-12-8-6-9-13-24)29(37)34-18-16-26(17-19-34)32-25-14-10-7-11-15-25/h7,10-11,14-15,23-24,26-27,32H,6,8-9,12-13,16-22H2,1-5H3,(H,33,36)/t23-,27-/m0/s1. The Balaban J connectivity index is 1.63. The number of nitrogens with one attached hydrogen (secondary N) is 2. The molecule has 2 N–H and O–H groups in total. The Morgan fingerprint density at radius 2 is 1.71 bits per heavy atom. The number of likely N-dealkylation sites (tertiary alicyclic amines) is 1. The molecule has 3 rings (SSSR count). The summed E-state index contributed by atoms with van der Waals surface area (Å²) < 4.78 is 5.56. The van der Waals surface area contributed by atoms with Crippen LogP contribution in [0.4, 0.5) is 10.5 Å². The molecule has 2 atom stereocenters. The molecule has 0 radical (unpaired) electrons. The van der Waals surface area contributed by atoms with E-state index in [2.05, 4.69) is 22.8 Å². The molecule has 1 aliphatic carbocycles. The fourth-order valence-electron chi connectivity index (χ4n) is 5.33. The molecule has 8 nitrogen and oxygen atoms in total. The highest BCUT2D eigenvalue weighted by molar-refractivity contribution is 7.99. The first-order chi connectivity index (χ1) is 19.6. The number of thioether (sulfide) groups is 2. The SMILES string of the molecule is CSCN(C(=O)OC(C)(C)C)[C@@H](C)C(=O)N[C@@H](CSCC1CCCCC1)C(=O)N1CCC(Nc2ccccc2)CC1. The lowest BCUT2D eigenvalue weighted by molar-refractivity contribution is -0.137. The second-order valence-electron chi connectivity index (χ2n) is 12.3. The van der Waals surface area contributed by atoms with Gasteiger partial charge in [-0.3, -0.25) is 14.5 Å².